The fraction of sp³-hybridized carbons (Fsp3) is 0.125. The molecule has 0 aliphatic heterocycles. The number of nitrogens with one attached hydrogen (secondary N) is 3. The van der Waals surface area contributed by atoms with Crippen LogP contribution in [0.15, 0.2) is 42.3 Å². The van der Waals surface area contributed by atoms with Gasteiger partial charge in [-0.05, 0) is 24.3 Å². The van der Waals surface area contributed by atoms with Crippen molar-refractivity contribution in [3.63, 3.8) is 0 Å². The zero-order chi connectivity index (χ0) is 18.9. The molecule has 26 heavy (non-hydrogen) atoms. The van der Waals surface area contributed by atoms with Gasteiger partial charge in [0.1, 0.15) is 0 Å². The number of rotatable bonds is 7. The molecule has 0 atom stereocenters. The van der Waals surface area contributed by atoms with E-state index < -0.39 is 24.4 Å². The molecule has 136 valence electrons. The number of amides is 2. The molecule has 0 saturated heterocycles. The van der Waals surface area contributed by atoms with E-state index in [4.69, 9.17) is 16.3 Å². The number of carbonyl (C=O) groups is 3. The van der Waals surface area contributed by atoms with Gasteiger partial charge in [0, 0.05) is 22.5 Å². The Balaban J connectivity index is 1.74. The van der Waals surface area contributed by atoms with E-state index in [0.717, 1.165) is 0 Å². The van der Waals surface area contributed by atoms with Crippen LogP contribution in [0.5, 0.6) is 0 Å². The van der Waals surface area contributed by atoms with E-state index >= 15 is 0 Å². The maximum Gasteiger partial charge on any atom is 0.358 e. The molecule has 2 rings (SSSR count). The van der Waals surface area contributed by atoms with Crippen LogP contribution in [0.2, 0.25) is 5.02 Å². The third kappa shape index (κ3) is 5.87. The fourth-order valence-corrected chi connectivity index (χ4v) is 2.47. The van der Waals surface area contributed by atoms with Crippen LogP contribution in [0, 0.1) is 0 Å². The highest BCUT2D eigenvalue weighted by atomic mass is 35.5. The number of anilines is 1. The molecule has 0 aliphatic carbocycles. The monoisotopic (exact) mass is 394 g/mol. The Labute approximate surface area is 158 Å². The van der Waals surface area contributed by atoms with Crippen LogP contribution >= 0.6 is 22.9 Å². The summed E-state index contributed by atoms with van der Waals surface area (Å²) >= 11 is 6.96. The largest absolute Gasteiger partial charge is 0.451 e. The second-order valence-electron chi connectivity index (χ2n) is 4.79. The number of halogens is 1. The number of hydrogen-bond acceptors (Lipinski definition) is 7. The van der Waals surface area contributed by atoms with E-state index in [2.05, 4.69) is 27.7 Å². The van der Waals surface area contributed by atoms with Crippen LogP contribution < -0.4 is 16.2 Å². The predicted molar refractivity (Wildman–Crippen MR) is 98.1 cm³/mol. The summed E-state index contributed by atoms with van der Waals surface area (Å²) in [7, 11) is 0. The number of hydrogen-bond donors (Lipinski definition) is 3. The topological polar surface area (TPSA) is 109 Å². The molecule has 1 aromatic carbocycles. The van der Waals surface area contributed by atoms with Crippen LogP contribution in [0.25, 0.3) is 0 Å². The molecule has 10 heteroatoms. The van der Waals surface area contributed by atoms with Gasteiger partial charge in [-0.1, -0.05) is 17.7 Å². The second kappa shape index (κ2) is 9.54. The summed E-state index contributed by atoms with van der Waals surface area (Å²) in [4.78, 5) is 39.3. The molecule has 2 amide bonds. The Morgan fingerprint density at radius 2 is 1.96 bits per heavy atom. The zero-order valence-corrected chi connectivity index (χ0v) is 15.0. The summed E-state index contributed by atoms with van der Waals surface area (Å²) in [5.74, 6) is -1.97. The van der Waals surface area contributed by atoms with Crippen molar-refractivity contribution in [1.29, 1.82) is 0 Å². The van der Waals surface area contributed by atoms with Crippen molar-refractivity contribution in [2.24, 2.45) is 0 Å². The highest BCUT2D eigenvalue weighted by molar-refractivity contribution is 7.13. The van der Waals surface area contributed by atoms with Gasteiger partial charge in [0.2, 0.25) is 0 Å². The van der Waals surface area contributed by atoms with Crippen molar-refractivity contribution in [2.45, 2.75) is 0 Å². The Hall–Kier alpha value is -2.91. The van der Waals surface area contributed by atoms with Crippen molar-refractivity contribution in [2.75, 3.05) is 18.5 Å². The molecule has 0 saturated carbocycles. The first-order valence-electron chi connectivity index (χ1n) is 7.31. The van der Waals surface area contributed by atoms with Gasteiger partial charge in [-0.3, -0.25) is 20.4 Å². The van der Waals surface area contributed by atoms with E-state index in [-0.39, 0.29) is 5.69 Å². The molecule has 8 nitrogen and oxygen atoms in total. The first kappa shape index (κ1) is 19.4. The number of benzene rings is 1. The standard InChI is InChI=1S/C16H15ClN4O4S/c1-2-7-18-16-19-12(9-26-16)15(24)25-8-13(22)20-21-14(23)10-3-5-11(17)6-4-10/h2-6,9H,1,7-8H2,(H,18,19)(H,20,22)(H,21,23). The van der Waals surface area contributed by atoms with Gasteiger partial charge >= 0.3 is 5.97 Å². The first-order chi connectivity index (χ1) is 12.5. The van der Waals surface area contributed by atoms with Crippen molar-refractivity contribution >= 4 is 45.9 Å². The van der Waals surface area contributed by atoms with Crippen LogP contribution in [-0.2, 0) is 9.53 Å². The zero-order valence-electron chi connectivity index (χ0n) is 13.5. The molecule has 1 aromatic heterocycles. The van der Waals surface area contributed by atoms with Gasteiger partial charge < -0.3 is 10.1 Å². The number of esters is 1. The van der Waals surface area contributed by atoms with Gasteiger partial charge in [-0.15, -0.1) is 17.9 Å². The fourth-order valence-electron chi connectivity index (χ4n) is 1.65. The maximum atomic E-state index is 11.8. The molecule has 1 heterocycles. The molecular formula is C16H15ClN4O4S. The summed E-state index contributed by atoms with van der Waals surface area (Å²) in [6, 6.07) is 6.10. The average molecular weight is 395 g/mol. The number of ether oxygens (including phenoxy) is 1. The Kier molecular flexibility index (Phi) is 7.12. The van der Waals surface area contributed by atoms with Gasteiger partial charge in [0.05, 0.1) is 0 Å². The third-order valence-corrected chi connectivity index (χ3v) is 3.92. The molecule has 0 unspecified atom stereocenters. The first-order valence-corrected chi connectivity index (χ1v) is 8.57. The SMILES string of the molecule is C=CCNc1nc(C(=O)OCC(=O)NNC(=O)c2ccc(Cl)cc2)cs1. The Bertz CT molecular complexity index is 807. The van der Waals surface area contributed by atoms with E-state index in [1.54, 1.807) is 18.2 Å². The van der Waals surface area contributed by atoms with E-state index in [1.165, 1.54) is 28.8 Å². The van der Waals surface area contributed by atoms with Gasteiger partial charge in [0.25, 0.3) is 11.8 Å². The van der Waals surface area contributed by atoms with E-state index in [1.807, 2.05) is 0 Å². The quantitative estimate of drug-likeness (QED) is 0.376. The van der Waals surface area contributed by atoms with E-state index in [9.17, 15) is 14.4 Å². The van der Waals surface area contributed by atoms with Crippen LogP contribution in [0.3, 0.4) is 0 Å². The normalized spacial score (nSPS) is 9.88. The summed E-state index contributed by atoms with van der Waals surface area (Å²) < 4.78 is 4.84. The van der Waals surface area contributed by atoms with E-state index in [0.29, 0.717) is 22.3 Å². The summed E-state index contributed by atoms with van der Waals surface area (Å²) in [5, 5.41) is 5.47. The van der Waals surface area contributed by atoms with Crippen molar-refractivity contribution in [3.8, 4) is 0 Å². The van der Waals surface area contributed by atoms with Crippen LogP contribution in [0.1, 0.15) is 20.8 Å². The van der Waals surface area contributed by atoms with Crippen molar-refractivity contribution in [1.82, 2.24) is 15.8 Å². The molecule has 0 radical (unpaired) electrons. The van der Waals surface area contributed by atoms with Gasteiger partial charge in [-0.2, -0.15) is 0 Å². The number of carbonyl (C=O) groups excluding carboxylic acids is 3. The lowest BCUT2D eigenvalue weighted by atomic mass is 10.2. The smallest absolute Gasteiger partial charge is 0.358 e. The summed E-state index contributed by atoms with van der Waals surface area (Å²) in [6.45, 7) is 3.51. The molecule has 0 bridgehead atoms. The van der Waals surface area contributed by atoms with Crippen LogP contribution in [-0.4, -0.2) is 35.9 Å². The molecule has 3 N–H and O–H groups in total. The molecular weight excluding hydrogens is 380 g/mol. The third-order valence-electron chi connectivity index (χ3n) is 2.87. The minimum absolute atomic E-state index is 0.0829. The number of thiazole rings is 1. The predicted octanol–water partition coefficient (Wildman–Crippen LogP) is 2.01. The number of nitrogens with zero attached hydrogens (tertiary/aromatic N) is 1. The van der Waals surface area contributed by atoms with Crippen LogP contribution in [0.4, 0.5) is 5.13 Å². The minimum Gasteiger partial charge on any atom is -0.451 e. The summed E-state index contributed by atoms with van der Waals surface area (Å²) in [6.07, 6.45) is 1.65. The number of aromatic nitrogens is 1. The Morgan fingerprint density at radius 3 is 2.65 bits per heavy atom. The maximum absolute atomic E-state index is 11.8. The lowest BCUT2D eigenvalue weighted by Crippen LogP contribution is -2.43. The molecule has 0 aliphatic rings. The lowest BCUT2D eigenvalue weighted by Gasteiger charge is -2.07. The van der Waals surface area contributed by atoms with Crippen molar-refractivity contribution in [3.05, 3.63) is 58.6 Å². The molecule has 0 spiro atoms. The summed E-state index contributed by atoms with van der Waals surface area (Å²) in [5.41, 5.74) is 4.75. The number of hydrazine groups is 1. The minimum atomic E-state index is -0.743. The molecule has 2 aromatic rings. The highest BCUT2D eigenvalue weighted by Crippen LogP contribution is 2.15. The molecule has 0 fully saturated rings. The van der Waals surface area contributed by atoms with Crippen molar-refractivity contribution < 1.29 is 19.1 Å². The second-order valence-corrected chi connectivity index (χ2v) is 6.09. The average Bonchev–Trinajstić information content (AvgIpc) is 3.12. The van der Waals surface area contributed by atoms with Gasteiger partial charge in [-0.25, -0.2) is 9.78 Å². The Morgan fingerprint density at radius 1 is 1.23 bits per heavy atom. The lowest BCUT2D eigenvalue weighted by molar-refractivity contribution is -0.125. The highest BCUT2D eigenvalue weighted by Gasteiger charge is 2.14. The van der Waals surface area contributed by atoms with Gasteiger partial charge in [0.15, 0.2) is 17.4 Å².